The van der Waals surface area contributed by atoms with Crippen molar-refractivity contribution >= 4 is 26.9 Å². The van der Waals surface area contributed by atoms with Crippen LogP contribution in [0.15, 0.2) is 58.6 Å². The molecule has 1 heterocycles. The number of hydrogen-bond donors (Lipinski definition) is 0. The fourth-order valence-electron chi connectivity index (χ4n) is 2.28. The van der Waals surface area contributed by atoms with Crippen LogP contribution in [-0.2, 0) is 16.2 Å². The van der Waals surface area contributed by atoms with E-state index in [1.165, 1.54) is 10.6 Å². The molecule has 0 aliphatic carbocycles. The molecule has 1 aliphatic rings. The molecule has 0 atom stereocenters. The van der Waals surface area contributed by atoms with Crippen LogP contribution in [0.2, 0.25) is 4.31 Å². The monoisotopic (exact) mass is 388 g/mol. The van der Waals surface area contributed by atoms with Crippen molar-refractivity contribution in [2.75, 3.05) is 0 Å². The van der Waals surface area contributed by atoms with Crippen LogP contribution in [0.5, 0.6) is 0 Å². The van der Waals surface area contributed by atoms with Crippen molar-refractivity contribution in [1.29, 1.82) is 0 Å². The number of aryl methyl sites for hydroxylation is 1. The number of amides is 1. The SMILES string of the molecule is Cc1ccc(C2=N[Se]C(C)(C)C(=O)N2OCc2ccccc2)cc1. The minimum absolute atomic E-state index is 0.0380. The summed E-state index contributed by atoms with van der Waals surface area (Å²) in [4.78, 5) is 18.7. The van der Waals surface area contributed by atoms with Gasteiger partial charge >= 0.3 is 149 Å². The second-order valence-corrected chi connectivity index (χ2v) is 9.15. The molecule has 2 aromatic rings. The number of hydrogen-bond acceptors (Lipinski definition) is 3. The van der Waals surface area contributed by atoms with Gasteiger partial charge in [0.2, 0.25) is 0 Å². The third kappa shape index (κ3) is 3.59. The van der Waals surface area contributed by atoms with Crippen LogP contribution in [0.3, 0.4) is 0 Å². The van der Waals surface area contributed by atoms with Crippen LogP contribution in [0.1, 0.15) is 30.5 Å². The molecule has 0 unspecified atom stereocenters. The summed E-state index contributed by atoms with van der Waals surface area (Å²) in [5.74, 6) is 0.569. The van der Waals surface area contributed by atoms with Crippen molar-refractivity contribution in [1.82, 2.24) is 5.06 Å². The van der Waals surface area contributed by atoms with Gasteiger partial charge in [0.25, 0.3) is 0 Å². The van der Waals surface area contributed by atoms with Crippen LogP contribution in [-0.4, -0.2) is 32.0 Å². The Morgan fingerprint density at radius 1 is 1.08 bits per heavy atom. The van der Waals surface area contributed by atoms with Gasteiger partial charge in [0.1, 0.15) is 0 Å². The standard InChI is InChI=1S/C19H20N2O2Se/c1-14-9-11-16(12-10-14)17-20-24-19(2,3)18(22)21(17)23-13-15-7-5-4-6-8-15/h4-12H,13H2,1-3H3. The van der Waals surface area contributed by atoms with Gasteiger partial charge in [-0.2, -0.15) is 0 Å². The van der Waals surface area contributed by atoms with E-state index in [0.29, 0.717) is 12.4 Å². The van der Waals surface area contributed by atoms with Crippen molar-refractivity contribution in [3.63, 3.8) is 0 Å². The van der Waals surface area contributed by atoms with Gasteiger partial charge in [-0.05, 0) is 0 Å². The summed E-state index contributed by atoms with van der Waals surface area (Å²) in [6.45, 7) is 6.21. The third-order valence-electron chi connectivity index (χ3n) is 3.77. The normalized spacial score (nSPS) is 16.9. The van der Waals surface area contributed by atoms with Crippen LogP contribution < -0.4 is 0 Å². The van der Waals surface area contributed by atoms with Gasteiger partial charge in [-0.15, -0.1) is 0 Å². The second-order valence-electron chi connectivity index (χ2n) is 6.24. The maximum atomic E-state index is 12.9. The van der Waals surface area contributed by atoms with E-state index in [-0.39, 0.29) is 21.1 Å². The van der Waals surface area contributed by atoms with E-state index in [1.807, 2.05) is 75.4 Å². The van der Waals surface area contributed by atoms with Gasteiger partial charge in [0.05, 0.1) is 0 Å². The Labute approximate surface area is 148 Å². The summed E-state index contributed by atoms with van der Waals surface area (Å²) in [7, 11) is 0. The predicted molar refractivity (Wildman–Crippen MR) is 95.6 cm³/mol. The predicted octanol–water partition coefficient (Wildman–Crippen LogP) is 3.53. The van der Waals surface area contributed by atoms with E-state index < -0.39 is 4.31 Å². The van der Waals surface area contributed by atoms with Gasteiger partial charge in [0, 0.05) is 0 Å². The zero-order chi connectivity index (χ0) is 17.2. The molecule has 24 heavy (non-hydrogen) atoms. The topological polar surface area (TPSA) is 41.9 Å². The van der Waals surface area contributed by atoms with Crippen LogP contribution in [0.4, 0.5) is 0 Å². The number of benzene rings is 2. The summed E-state index contributed by atoms with van der Waals surface area (Å²) in [6.07, 6.45) is 0. The average Bonchev–Trinajstić information content (AvgIpc) is 2.58. The van der Waals surface area contributed by atoms with Crippen molar-refractivity contribution in [2.45, 2.75) is 31.7 Å². The molecule has 0 radical (unpaired) electrons. The molecule has 0 saturated carbocycles. The van der Waals surface area contributed by atoms with Crippen molar-refractivity contribution in [2.24, 2.45) is 4.01 Å². The molecule has 5 heteroatoms. The van der Waals surface area contributed by atoms with Crippen LogP contribution in [0.25, 0.3) is 0 Å². The van der Waals surface area contributed by atoms with Crippen molar-refractivity contribution in [3.05, 3.63) is 71.3 Å². The molecule has 4 nitrogen and oxygen atoms in total. The van der Waals surface area contributed by atoms with E-state index in [1.54, 1.807) is 0 Å². The maximum absolute atomic E-state index is 12.9. The summed E-state index contributed by atoms with van der Waals surface area (Å²) in [5.41, 5.74) is 3.09. The van der Waals surface area contributed by atoms with E-state index in [2.05, 4.69) is 4.01 Å². The number of carbonyl (C=O) groups is 1. The third-order valence-corrected chi connectivity index (χ3v) is 5.64. The number of hydroxylamine groups is 2. The van der Waals surface area contributed by atoms with Gasteiger partial charge in [-0.3, -0.25) is 0 Å². The molecule has 0 spiro atoms. The number of carbonyl (C=O) groups excluding carboxylic acids is 1. The summed E-state index contributed by atoms with van der Waals surface area (Å²) in [6, 6.07) is 17.8. The molecular formula is C19H20N2O2Se. The summed E-state index contributed by atoms with van der Waals surface area (Å²) >= 11 is -0.156. The van der Waals surface area contributed by atoms with E-state index in [4.69, 9.17) is 4.84 Å². The molecule has 0 aromatic heterocycles. The van der Waals surface area contributed by atoms with Gasteiger partial charge in [0.15, 0.2) is 0 Å². The van der Waals surface area contributed by atoms with E-state index in [9.17, 15) is 4.79 Å². The molecule has 124 valence electrons. The van der Waals surface area contributed by atoms with Crippen LogP contribution >= 0.6 is 0 Å². The van der Waals surface area contributed by atoms with Gasteiger partial charge < -0.3 is 0 Å². The fourth-order valence-corrected chi connectivity index (χ4v) is 3.65. The Balaban J connectivity index is 1.88. The molecule has 0 saturated heterocycles. The Morgan fingerprint density at radius 2 is 1.75 bits per heavy atom. The zero-order valence-electron chi connectivity index (χ0n) is 14.0. The average molecular weight is 387 g/mol. The number of amidine groups is 1. The fraction of sp³-hybridized carbons (Fsp3) is 0.263. The Morgan fingerprint density at radius 3 is 2.42 bits per heavy atom. The first-order valence-electron chi connectivity index (χ1n) is 7.82. The zero-order valence-corrected chi connectivity index (χ0v) is 15.7. The first-order chi connectivity index (χ1) is 11.5. The van der Waals surface area contributed by atoms with Gasteiger partial charge in [-0.1, -0.05) is 0 Å². The quantitative estimate of drug-likeness (QED) is 0.754. The first-order valence-corrected chi connectivity index (χ1v) is 9.44. The second kappa shape index (κ2) is 6.89. The molecule has 1 aliphatic heterocycles. The van der Waals surface area contributed by atoms with E-state index in [0.717, 1.165) is 11.1 Å². The Bertz CT molecular complexity index is 755. The number of rotatable bonds is 4. The molecule has 0 fully saturated rings. The van der Waals surface area contributed by atoms with Crippen molar-refractivity contribution < 1.29 is 9.63 Å². The Kier molecular flexibility index (Phi) is 4.85. The molecular weight excluding hydrogens is 367 g/mol. The minimum atomic E-state index is -0.502. The molecule has 0 bridgehead atoms. The van der Waals surface area contributed by atoms with Gasteiger partial charge in [-0.25, -0.2) is 0 Å². The molecule has 1 amide bonds. The Hall–Kier alpha value is -1.94. The number of nitrogens with zero attached hydrogens (tertiary/aromatic N) is 2. The summed E-state index contributed by atoms with van der Waals surface area (Å²) < 4.78 is 4.18. The molecule has 2 aromatic carbocycles. The molecule has 0 N–H and O–H groups in total. The van der Waals surface area contributed by atoms with Crippen molar-refractivity contribution in [3.8, 4) is 0 Å². The first kappa shape index (κ1) is 16.9. The van der Waals surface area contributed by atoms with Crippen LogP contribution in [0, 0.1) is 6.92 Å². The van der Waals surface area contributed by atoms with E-state index >= 15 is 0 Å². The summed E-state index contributed by atoms with van der Waals surface area (Å²) in [5, 5.41) is 1.38. The molecule has 3 rings (SSSR count).